The molecular formula is C78H76Ir4N12-4. The van der Waals surface area contributed by atoms with Gasteiger partial charge in [-0.2, -0.15) is 20.4 Å². The van der Waals surface area contributed by atoms with Crippen LogP contribution in [-0.4, -0.2) is 59.1 Å². The molecule has 0 unspecified atom stereocenters. The number of hydrogen-bond donors (Lipinski definition) is 0. The summed E-state index contributed by atoms with van der Waals surface area (Å²) in [4.78, 5) is 18.9. The zero-order valence-electron chi connectivity index (χ0n) is 54.3. The fourth-order valence-electron chi connectivity index (χ4n) is 10.3. The number of rotatable bonds is 16. The van der Waals surface area contributed by atoms with Crippen molar-refractivity contribution in [3.05, 3.63) is 288 Å². The minimum atomic E-state index is 0. The van der Waals surface area contributed by atoms with E-state index in [1.807, 2.05) is 146 Å². The smallest absolute Gasteiger partial charge is 0.124 e. The van der Waals surface area contributed by atoms with Gasteiger partial charge in [-0.3, -0.25) is 19.9 Å². The van der Waals surface area contributed by atoms with Gasteiger partial charge in [0.15, 0.2) is 0 Å². The molecule has 4 radical (unpaired) electrons. The molecule has 0 aliphatic heterocycles. The number of benzene rings is 9. The largest absolute Gasteiger partial charge is 0.261 e. The van der Waals surface area contributed by atoms with Crippen molar-refractivity contribution in [2.75, 3.05) is 0 Å². The van der Waals surface area contributed by atoms with E-state index in [1.165, 1.54) is 33.4 Å². The van der Waals surface area contributed by atoms with Crippen molar-refractivity contribution >= 4 is 0 Å². The first-order valence-electron chi connectivity index (χ1n) is 31.1. The Morgan fingerprint density at radius 2 is 0.713 bits per heavy atom. The number of para-hydroxylation sites is 3. The van der Waals surface area contributed by atoms with Crippen LogP contribution in [0.1, 0.15) is 105 Å². The van der Waals surface area contributed by atoms with Gasteiger partial charge < -0.3 is 0 Å². The van der Waals surface area contributed by atoms with E-state index in [0.29, 0.717) is 5.92 Å². The molecule has 0 fully saturated rings. The van der Waals surface area contributed by atoms with Crippen LogP contribution in [0, 0.1) is 52.0 Å². The Kier molecular flexibility index (Phi) is 29.8. The van der Waals surface area contributed by atoms with Crippen LogP contribution >= 0.6 is 0 Å². The summed E-state index contributed by atoms with van der Waals surface area (Å²) in [6.07, 6.45) is 5.82. The van der Waals surface area contributed by atoms with Gasteiger partial charge in [-0.1, -0.05) is 139 Å². The number of aryl methyl sites for hydroxylation is 7. The van der Waals surface area contributed by atoms with E-state index in [9.17, 15) is 0 Å². The van der Waals surface area contributed by atoms with E-state index < -0.39 is 0 Å². The Balaban J connectivity index is 0.000000197. The molecule has 4 aromatic heterocycles. The van der Waals surface area contributed by atoms with E-state index in [4.69, 9.17) is 40.3 Å². The molecule has 0 spiro atoms. The van der Waals surface area contributed by atoms with Gasteiger partial charge in [0, 0.05) is 106 Å². The van der Waals surface area contributed by atoms with Crippen molar-refractivity contribution in [1.29, 1.82) is 0 Å². The third-order valence-electron chi connectivity index (χ3n) is 14.9. The third-order valence-corrected chi connectivity index (χ3v) is 14.9. The Morgan fingerprint density at radius 3 is 1.14 bits per heavy atom. The second-order valence-corrected chi connectivity index (χ2v) is 22.3. The molecule has 94 heavy (non-hydrogen) atoms. The van der Waals surface area contributed by atoms with Crippen molar-refractivity contribution in [2.24, 2.45) is 0 Å². The maximum Gasteiger partial charge on any atom is 0.124 e. The zero-order valence-corrected chi connectivity index (χ0v) is 63.9. The van der Waals surface area contributed by atoms with Gasteiger partial charge in [-0.25, -0.2) is 18.7 Å². The number of nitrogens with zero attached hydrogens (tertiary/aromatic N) is 12. The molecule has 0 N–H and O–H groups in total. The van der Waals surface area contributed by atoms with Crippen LogP contribution in [0.5, 0.6) is 0 Å². The minimum Gasteiger partial charge on any atom is -0.261 e. The summed E-state index contributed by atoms with van der Waals surface area (Å²) >= 11 is 0. The Hall–Kier alpha value is -7.86. The first-order valence-corrected chi connectivity index (χ1v) is 31.1. The van der Waals surface area contributed by atoms with Crippen molar-refractivity contribution in [2.45, 2.75) is 107 Å². The average molecular weight is 1950 g/mol. The molecule has 0 bridgehead atoms. The Morgan fingerprint density at radius 1 is 0.340 bits per heavy atom. The van der Waals surface area contributed by atoms with Gasteiger partial charge in [-0.15, -0.1) is 143 Å². The molecule has 0 atom stereocenters. The Bertz CT molecular complexity index is 4390. The summed E-state index contributed by atoms with van der Waals surface area (Å²) < 4.78 is 7.86. The van der Waals surface area contributed by atoms with Gasteiger partial charge in [0.2, 0.25) is 0 Å². The molecule has 4 heterocycles. The van der Waals surface area contributed by atoms with Gasteiger partial charge in [0.1, 0.15) is 23.3 Å². The quantitative estimate of drug-likeness (QED) is 0.0877. The maximum atomic E-state index is 4.78. The van der Waals surface area contributed by atoms with E-state index in [0.717, 1.165) is 130 Å². The van der Waals surface area contributed by atoms with Crippen LogP contribution in [0.2, 0.25) is 0 Å². The minimum absolute atomic E-state index is 0. The first-order chi connectivity index (χ1) is 44.0. The van der Waals surface area contributed by atoms with Crippen LogP contribution in [0.15, 0.2) is 218 Å². The van der Waals surface area contributed by atoms with Crippen LogP contribution in [0.25, 0.3) is 79.4 Å². The SMILES string of the molecule is CCCc1nc(-c2[c-]ccc(C)c2)nn1-c1ccccc1C.CCCc1nc(-c2[c-]cccc2)nn1-c1cccc(-c2ccccc2)c1.CCCc1nc(-c2[c-]cccc2)nn1-c1ccccc1C.Cc1ccccc1-n1nc(-c2[c-]cccc2)nc1C(C)C.[Ir].[Ir].[Ir].[Ir]. The molecular weight excluding hydrogens is 1870 g/mol. The van der Waals surface area contributed by atoms with Gasteiger partial charge >= 0.3 is 0 Å². The summed E-state index contributed by atoms with van der Waals surface area (Å²) in [6.45, 7) is 19.1. The topological polar surface area (TPSA) is 123 Å². The summed E-state index contributed by atoms with van der Waals surface area (Å²) in [5.41, 5.74) is 15.2. The molecule has 12 nitrogen and oxygen atoms in total. The van der Waals surface area contributed by atoms with Crippen LogP contribution in [-0.2, 0) is 99.7 Å². The number of hydrogen-bond acceptors (Lipinski definition) is 8. The molecule has 0 saturated carbocycles. The van der Waals surface area contributed by atoms with Crippen LogP contribution in [0.4, 0.5) is 0 Å². The molecule has 0 amide bonds. The van der Waals surface area contributed by atoms with E-state index in [-0.39, 0.29) is 80.4 Å². The second kappa shape index (κ2) is 37.3. The summed E-state index contributed by atoms with van der Waals surface area (Å²) in [7, 11) is 0. The fraction of sp³-hybridized carbons (Fsp3) is 0.205. The standard InChI is InChI=1S/C23H20N3.C19H20N3.2C18H18N3.4Ir/c1-2-10-22-24-23(19-13-7-4-8-14-19)25-26(22)21-16-9-15-20(17-21)18-11-5-3-6-12-18;1-4-8-18-20-19(16-11-7-9-14(2)13-16)21-22(18)17-12-6-5-10-15(17)3;1-13(2)18-19-17(15-10-5-4-6-11-15)20-21(18)16-12-8-7-9-14(16)3;1-3-9-17-19-18(15-11-5-4-6-12-15)20-21(17)16-13-8-7-10-14(16)2;;;;/h3-9,11-13,15-17H,2,10H2,1H3;5-7,9-10,12-13H,4,8H2,1-3H3;4-10,12-13H,1-3H3;4-8,10-11,13H,3,9H2,1-2H3;;;;/q4*-1;;;;. The van der Waals surface area contributed by atoms with Gasteiger partial charge in [0.05, 0.1) is 46.0 Å². The summed E-state index contributed by atoms with van der Waals surface area (Å²) in [5.74, 6) is 7.18. The molecule has 488 valence electrons. The predicted octanol–water partition coefficient (Wildman–Crippen LogP) is 17.8. The molecule has 13 rings (SSSR count). The van der Waals surface area contributed by atoms with E-state index in [2.05, 4.69) is 178 Å². The van der Waals surface area contributed by atoms with Crippen LogP contribution < -0.4 is 0 Å². The monoisotopic (exact) mass is 1950 g/mol. The number of aromatic nitrogens is 12. The van der Waals surface area contributed by atoms with Crippen LogP contribution in [0.3, 0.4) is 0 Å². The predicted molar refractivity (Wildman–Crippen MR) is 363 cm³/mol. The fourth-order valence-corrected chi connectivity index (χ4v) is 10.3. The normalized spacial score (nSPS) is 10.4. The molecule has 0 saturated heterocycles. The molecule has 0 aliphatic carbocycles. The van der Waals surface area contributed by atoms with Crippen molar-refractivity contribution in [3.63, 3.8) is 0 Å². The summed E-state index contributed by atoms with van der Waals surface area (Å²) in [6, 6.07) is 86.0. The average Bonchev–Trinajstić information content (AvgIpc) is 1.93. The summed E-state index contributed by atoms with van der Waals surface area (Å²) in [5, 5.41) is 18.9. The van der Waals surface area contributed by atoms with Gasteiger partial charge in [0.25, 0.3) is 0 Å². The zero-order chi connectivity index (χ0) is 62.8. The van der Waals surface area contributed by atoms with Crippen molar-refractivity contribution < 1.29 is 80.4 Å². The molecule has 9 aromatic carbocycles. The van der Waals surface area contributed by atoms with Crippen molar-refractivity contribution in [3.8, 4) is 79.4 Å². The first kappa shape index (κ1) is 75.2. The Labute approximate surface area is 608 Å². The van der Waals surface area contributed by atoms with E-state index in [1.54, 1.807) is 0 Å². The third kappa shape index (κ3) is 19.2. The molecule has 13 aromatic rings. The molecule has 16 heteroatoms. The second-order valence-electron chi connectivity index (χ2n) is 22.3. The maximum absolute atomic E-state index is 4.78. The van der Waals surface area contributed by atoms with Gasteiger partial charge in [-0.05, 0) is 98.2 Å². The van der Waals surface area contributed by atoms with Crippen molar-refractivity contribution in [1.82, 2.24) is 59.1 Å². The molecule has 0 aliphatic rings. The van der Waals surface area contributed by atoms with E-state index >= 15 is 0 Å².